The number of nitrogens with one attached hydrogen (secondary N) is 1. The molecule has 0 unspecified atom stereocenters. The van der Waals surface area contributed by atoms with Gasteiger partial charge >= 0.3 is 6.03 Å². The molecule has 2 aliphatic heterocycles. The molecule has 2 N–H and O–H groups in total. The monoisotopic (exact) mass is 515 g/mol. The molecule has 1 atom stereocenters. The molecule has 2 aliphatic rings. The van der Waals surface area contributed by atoms with Gasteiger partial charge in [-0.05, 0) is 75.5 Å². The highest BCUT2D eigenvalue weighted by molar-refractivity contribution is 6.32. The van der Waals surface area contributed by atoms with Gasteiger partial charge in [-0.15, -0.1) is 0 Å². The van der Waals surface area contributed by atoms with E-state index in [1.54, 1.807) is 19.9 Å². The number of halogens is 1. The van der Waals surface area contributed by atoms with Gasteiger partial charge in [-0.25, -0.2) is 4.79 Å². The number of benzene rings is 2. The fourth-order valence-electron chi connectivity index (χ4n) is 4.62. The molecule has 3 amide bonds. The second kappa shape index (κ2) is 10.7. The molecule has 2 aromatic carbocycles. The summed E-state index contributed by atoms with van der Waals surface area (Å²) < 4.78 is 11.6. The van der Waals surface area contributed by atoms with Crippen molar-refractivity contribution in [3.8, 4) is 11.5 Å². The van der Waals surface area contributed by atoms with Crippen LogP contribution in [0.4, 0.5) is 4.79 Å². The number of likely N-dealkylation sites (tertiary alicyclic amines) is 1. The van der Waals surface area contributed by atoms with E-state index in [2.05, 4.69) is 10.2 Å². The van der Waals surface area contributed by atoms with Crippen LogP contribution in [0, 0.1) is 6.92 Å². The van der Waals surface area contributed by atoms with Crippen LogP contribution in [-0.2, 0) is 11.3 Å². The summed E-state index contributed by atoms with van der Waals surface area (Å²) in [6.07, 6.45) is 1.55. The number of hydrogen-bond donors (Lipinski definition) is 2. The van der Waals surface area contributed by atoms with Gasteiger partial charge in [0.15, 0.2) is 0 Å². The molecule has 36 heavy (non-hydrogen) atoms. The second-order valence-corrected chi connectivity index (χ2v) is 10.7. The average Bonchev–Trinajstić information content (AvgIpc) is 3.02. The van der Waals surface area contributed by atoms with Crippen LogP contribution in [0.25, 0.3) is 0 Å². The van der Waals surface area contributed by atoms with Crippen molar-refractivity contribution in [2.24, 2.45) is 0 Å². The third-order valence-corrected chi connectivity index (χ3v) is 6.89. The van der Waals surface area contributed by atoms with Crippen molar-refractivity contribution in [2.45, 2.75) is 51.3 Å². The number of rotatable bonds is 9. The highest BCUT2D eigenvalue weighted by atomic mass is 35.5. The maximum Gasteiger partial charge on any atom is 0.325 e. The number of β-amino-alcohol motifs (C(OH)–C–C–N with tert-alkyl or cyclic N) is 1. The van der Waals surface area contributed by atoms with Crippen molar-refractivity contribution in [1.29, 1.82) is 0 Å². The first-order chi connectivity index (χ1) is 17.0. The molecule has 2 aromatic rings. The lowest BCUT2D eigenvalue weighted by Crippen LogP contribution is -2.51. The number of urea groups is 1. The van der Waals surface area contributed by atoms with Crippen LogP contribution in [0.1, 0.15) is 37.8 Å². The molecule has 0 saturated carbocycles. The molecular weight excluding hydrogens is 482 g/mol. The van der Waals surface area contributed by atoms with Crippen molar-refractivity contribution in [1.82, 2.24) is 15.1 Å². The molecule has 4 rings (SSSR count). The van der Waals surface area contributed by atoms with Gasteiger partial charge in [0.05, 0.1) is 11.6 Å². The number of hydrogen-bond acceptors (Lipinski definition) is 6. The van der Waals surface area contributed by atoms with E-state index in [1.807, 2.05) is 43.3 Å². The molecule has 8 nitrogen and oxygen atoms in total. The second-order valence-electron chi connectivity index (χ2n) is 10.3. The Morgan fingerprint density at radius 3 is 2.56 bits per heavy atom. The topological polar surface area (TPSA) is 91.3 Å². The zero-order valence-corrected chi connectivity index (χ0v) is 21.8. The van der Waals surface area contributed by atoms with Crippen LogP contribution in [0.2, 0.25) is 5.02 Å². The first kappa shape index (κ1) is 26.3. The summed E-state index contributed by atoms with van der Waals surface area (Å²) in [6, 6.07) is 13.0. The minimum atomic E-state index is -0.942. The van der Waals surface area contributed by atoms with Gasteiger partial charge in [0.2, 0.25) is 0 Å². The standard InChI is InChI=1S/C27H34ClN3O5/c1-19-5-10-22(28)23(15-19)36-18-27(34)11-4-12-30(17-27)16-20-6-8-21(9-7-20)35-14-13-31-24(32)26(2,3)29-25(31)33/h5-10,15,34H,4,11-14,16-18H2,1-3H3,(H,29,33)/t27-/m0/s1. The summed E-state index contributed by atoms with van der Waals surface area (Å²) in [7, 11) is 0. The molecule has 194 valence electrons. The van der Waals surface area contributed by atoms with Crippen molar-refractivity contribution in [2.75, 3.05) is 32.8 Å². The third-order valence-electron chi connectivity index (χ3n) is 6.58. The predicted octanol–water partition coefficient (Wildman–Crippen LogP) is 3.76. The van der Waals surface area contributed by atoms with Gasteiger partial charge in [0.1, 0.15) is 35.9 Å². The van der Waals surface area contributed by atoms with Gasteiger partial charge in [-0.1, -0.05) is 29.8 Å². The third kappa shape index (κ3) is 6.30. The van der Waals surface area contributed by atoms with Crippen LogP contribution in [0.3, 0.4) is 0 Å². The van der Waals surface area contributed by atoms with Crippen LogP contribution >= 0.6 is 11.6 Å². The van der Waals surface area contributed by atoms with Crippen LogP contribution in [0.5, 0.6) is 11.5 Å². The molecular formula is C27H34ClN3O5. The molecule has 0 spiro atoms. The van der Waals surface area contributed by atoms with Gasteiger partial charge < -0.3 is 19.9 Å². The number of aliphatic hydroxyl groups is 1. The van der Waals surface area contributed by atoms with Crippen LogP contribution in [0.15, 0.2) is 42.5 Å². The molecule has 0 aliphatic carbocycles. The van der Waals surface area contributed by atoms with Crippen LogP contribution in [-0.4, -0.2) is 70.8 Å². The Morgan fingerprint density at radius 1 is 1.11 bits per heavy atom. The summed E-state index contributed by atoms with van der Waals surface area (Å²) in [6.45, 7) is 8.05. The summed E-state index contributed by atoms with van der Waals surface area (Å²) in [5.41, 5.74) is 0.338. The molecule has 2 heterocycles. The number of carbonyl (C=O) groups excluding carboxylic acids is 2. The van der Waals surface area contributed by atoms with Gasteiger partial charge in [-0.2, -0.15) is 0 Å². The Bertz CT molecular complexity index is 1110. The fourth-order valence-corrected chi connectivity index (χ4v) is 4.79. The van der Waals surface area contributed by atoms with E-state index in [9.17, 15) is 14.7 Å². The lowest BCUT2D eigenvalue weighted by atomic mass is 9.93. The van der Waals surface area contributed by atoms with E-state index >= 15 is 0 Å². The van der Waals surface area contributed by atoms with E-state index in [-0.39, 0.29) is 25.7 Å². The summed E-state index contributed by atoms with van der Waals surface area (Å²) >= 11 is 6.23. The highest BCUT2D eigenvalue weighted by Crippen LogP contribution is 2.29. The molecule has 9 heteroatoms. The van der Waals surface area contributed by atoms with Crippen molar-refractivity contribution in [3.05, 3.63) is 58.6 Å². The molecule has 0 bridgehead atoms. The minimum absolute atomic E-state index is 0.189. The Balaban J connectivity index is 1.25. The lowest BCUT2D eigenvalue weighted by molar-refractivity contribution is -0.130. The number of piperidine rings is 1. The number of imide groups is 1. The maximum atomic E-state index is 12.3. The number of ether oxygens (including phenoxy) is 2. The predicted molar refractivity (Wildman–Crippen MR) is 137 cm³/mol. The first-order valence-electron chi connectivity index (χ1n) is 12.2. The normalized spacial score (nSPS) is 22.0. The summed E-state index contributed by atoms with van der Waals surface area (Å²) in [4.78, 5) is 27.6. The van der Waals surface area contributed by atoms with E-state index in [4.69, 9.17) is 21.1 Å². The largest absolute Gasteiger partial charge is 0.492 e. The average molecular weight is 516 g/mol. The Labute approximate surface area is 217 Å². The van der Waals surface area contributed by atoms with Gasteiger partial charge in [0.25, 0.3) is 5.91 Å². The van der Waals surface area contributed by atoms with Crippen molar-refractivity contribution >= 4 is 23.5 Å². The number of nitrogens with zero attached hydrogens (tertiary/aromatic N) is 2. The minimum Gasteiger partial charge on any atom is -0.492 e. The number of carbonyl (C=O) groups is 2. The highest BCUT2D eigenvalue weighted by Gasteiger charge is 2.44. The smallest absolute Gasteiger partial charge is 0.325 e. The van der Waals surface area contributed by atoms with E-state index in [0.717, 1.165) is 24.1 Å². The zero-order chi connectivity index (χ0) is 25.9. The SMILES string of the molecule is Cc1ccc(Cl)c(OC[C@]2(O)CCCN(Cc3ccc(OCCN4C(=O)NC(C)(C)C4=O)cc3)C2)c1. The summed E-state index contributed by atoms with van der Waals surface area (Å²) in [5, 5.41) is 14.4. The fraction of sp³-hybridized carbons (Fsp3) is 0.481. The van der Waals surface area contributed by atoms with E-state index in [0.29, 0.717) is 36.0 Å². The van der Waals surface area contributed by atoms with E-state index < -0.39 is 17.2 Å². The lowest BCUT2D eigenvalue weighted by Gasteiger charge is -2.39. The van der Waals surface area contributed by atoms with Crippen molar-refractivity contribution < 1.29 is 24.2 Å². The Morgan fingerprint density at radius 2 is 1.86 bits per heavy atom. The van der Waals surface area contributed by atoms with Crippen molar-refractivity contribution in [3.63, 3.8) is 0 Å². The summed E-state index contributed by atoms with van der Waals surface area (Å²) in [5.74, 6) is 1.01. The number of amides is 3. The quantitative estimate of drug-likeness (QED) is 0.494. The number of aryl methyl sites for hydroxylation is 1. The molecule has 2 saturated heterocycles. The molecule has 2 fully saturated rings. The van der Waals surface area contributed by atoms with Gasteiger partial charge in [-0.3, -0.25) is 14.6 Å². The molecule has 0 aromatic heterocycles. The van der Waals surface area contributed by atoms with E-state index in [1.165, 1.54) is 4.90 Å². The van der Waals surface area contributed by atoms with Gasteiger partial charge in [0, 0.05) is 13.1 Å². The Hall–Kier alpha value is -2.81. The first-order valence-corrected chi connectivity index (χ1v) is 12.6. The maximum absolute atomic E-state index is 12.3. The molecule has 0 radical (unpaired) electrons. The Kier molecular flexibility index (Phi) is 7.78. The zero-order valence-electron chi connectivity index (χ0n) is 21.1. The van der Waals surface area contributed by atoms with Crippen LogP contribution < -0.4 is 14.8 Å².